The fourth-order valence-electron chi connectivity index (χ4n) is 3.69. The summed E-state index contributed by atoms with van der Waals surface area (Å²) < 4.78 is 0. The second-order valence-corrected chi connectivity index (χ2v) is 5.73. The maximum absolute atomic E-state index is 4.43. The molecule has 3 aliphatic rings. The first-order valence-corrected chi connectivity index (χ1v) is 7.13. The van der Waals surface area contributed by atoms with Crippen LogP contribution in [0.4, 0.5) is 11.5 Å². The molecule has 2 N–H and O–H groups in total. The summed E-state index contributed by atoms with van der Waals surface area (Å²) >= 11 is 0. The van der Waals surface area contributed by atoms with Crippen LogP contribution in [0, 0.1) is 0 Å². The van der Waals surface area contributed by atoms with Gasteiger partial charge in [0.15, 0.2) is 0 Å². The molecule has 2 bridgehead atoms. The lowest BCUT2D eigenvalue weighted by atomic mass is 9.93. The minimum atomic E-state index is 0.690. The Labute approximate surface area is 108 Å². The Morgan fingerprint density at radius 2 is 2.06 bits per heavy atom. The molecular formula is C14H20N4. The minimum absolute atomic E-state index is 0.690. The number of hydrogen-bond donors (Lipinski definition) is 2. The van der Waals surface area contributed by atoms with Gasteiger partial charge in [-0.25, -0.2) is 4.98 Å². The molecule has 18 heavy (non-hydrogen) atoms. The number of nitrogens with one attached hydrogen (secondary N) is 2. The third-order valence-corrected chi connectivity index (χ3v) is 4.50. The molecule has 4 heterocycles. The molecule has 0 radical (unpaired) electrons. The van der Waals surface area contributed by atoms with Crippen molar-refractivity contribution in [2.24, 2.45) is 0 Å². The predicted molar refractivity (Wildman–Crippen MR) is 73.2 cm³/mol. The Balaban J connectivity index is 1.65. The third-order valence-electron chi connectivity index (χ3n) is 4.50. The molecule has 2 unspecified atom stereocenters. The van der Waals surface area contributed by atoms with Gasteiger partial charge in [0, 0.05) is 49.2 Å². The van der Waals surface area contributed by atoms with E-state index < -0.39 is 0 Å². The van der Waals surface area contributed by atoms with Gasteiger partial charge in [-0.3, -0.25) is 0 Å². The van der Waals surface area contributed by atoms with Crippen LogP contribution in [0.2, 0.25) is 0 Å². The number of anilines is 2. The van der Waals surface area contributed by atoms with Crippen molar-refractivity contribution in [2.45, 2.75) is 37.8 Å². The van der Waals surface area contributed by atoms with Crippen LogP contribution in [-0.2, 0) is 6.42 Å². The zero-order chi connectivity index (χ0) is 11.9. The van der Waals surface area contributed by atoms with Gasteiger partial charge in [0.25, 0.3) is 0 Å². The van der Waals surface area contributed by atoms with Gasteiger partial charge in [-0.05, 0) is 25.3 Å². The van der Waals surface area contributed by atoms with E-state index in [1.165, 1.54) is 30.5 Å². The second kappa shape index (κ2) is 4.12. The third kappa shape index (κ3) is 1.67. The first kappa shape index (κ1) is 10.6. The van der Waals surface area contributed by atoms with Crippen molar-refractivity contribution in [3.63, 3.8) is 0 Å². The molecule has 0 aliphatic carbocycles. The lowest BCUT2D eigenvalue weighted by molar-refractivity contribution is 0.283. The molecule has 2 saturated heterocycles. The van der Waals surface area contributed by atoms with Gasteiger partial charge in [0.1, 0.15) is 5.82 Å². The number of piperazine rings is 1. The molecule has 0 spiro atoms. The summed E-state index contributed by atoms with van der Waals surface area (Å²) in [5, 5.41) is 7.12. The summed E-state index contributed by atoms with van der Waals surface area (Å²) in [7, 11) is 0. The normalized spacial score (nSPS) is 29.9. The van der Waals surface area contributed by atoms with E-state index >= 15 is 0 Å². The van der Waals surface area contributed by atoms with Crippen LogP contribution in [-0.4, -0.2) is 36.7 Å². The van der Waals surface area contributed by atoms with E-state index in [1.54, 1.807) is 0 Å². The highest BCUT2D eigenvalue weighted by Crippen LogP contribution is 2.32. The standard InChI is InChI=1S/C14H20N4/c1-2-10-8-18(9-11(3-1)17-10)13-5-7-16-14-12(13)4-6-15-14/h5,7,10-11,17H,1-4,6,8-9H2,(H,15,16). The fraction of sp³-hybridized carbons (Fsp3) is 0.643. The van der Waals surface area contributed by atoms with Gasteiger partial charge in [0.05, 0.1) is 0 Å². The predicted octanol–water partition coefficient (Wildman–Crippen LogP) is 1.38. The van der Waals surface area contributed by atoms with Crippen LogP contribution < -0.4 is 15.5 Å². The minimum Gasteiger partial charge on any atom is -0.369 e. The SMILES string of the molecule is c1cc(N2CC3CCCC(C2)N3)c2c(n1)NCC2. The topological polar surface area (TPSA) is 40.2 Å². The van der Waals surface area contributed by atoms with E-state index in [0.717, 1.165) is 31.9 Å². The molecule has 4 heteroatoms. The van der Waals surface area contributed by atoms with E-state index in [2.05, 4.69) is 26.6 Å². The zero-order valence-electron chi connectivity index (χ0n) is 10.7. The first-order valence-electron chi connectivity index (χ1n) is 7.13. The van der Waals surface area contributed by atoms with Crippen molar-refractivity contribution in [1.82, 2.24) is 10.3 Å². The molecule has 0 aromatic carbocycles. The fourth-order valence-corrected chi connectivity index (χ4v) is 3.69. The Hall–Kier alpha value is -1.29. The van der Waals surface area contributed by atoms with Crippen molar-refractivity contribution >= 4 is 11.5 Å². The van der Waals surface area contributed by atoms with Crippen molar-refractivity contribution in [2.75, 3.05) is 29.9 Å². The van der Waals surface area contributed by atoms with Crippen molar-refractivity contribution < 1.29 is 0 Å². The smallest absolute Gasteiger partial charge is 0.131 e. The van der Waals surface area contributed by atoms with E-state index in [9.17, 15) is 0 Å². The number of rotatable bonds is 1. The van der Waals surface area contributed by atoms with Gasteiger partial charge in [-0.2, -0.15) is 0 Å². The van der Waals surface area contributed by atoms with Crippen LogP contribution in [0.15, 0.2) is 12.3 Å². The number of aromatic nitrogens is 1. The largest absolute Gasteiger partial charge is 0.369 e. The molecule has 3 aliphatic heterocycles. The Morgan fingerprint density at radius 3 is 2.89 bits per heavy atom. The van der Waals surface area contributed by atoms with Crippen molar-refractivity contribution in [1.29, 1.82) is 0 Å². The van der Waals surface area contributed by atoms with Crippen LogP contribution in [0.25, 0.3) is 0 Å². The van der Waals surface area contributed by atoms with Gasteiger partial charge < -0.3 is 15.5 Å². The molecule has 0 saturated carbocycles. The second-order valence-electron chi connectivity index (χ2n) is 5.73. The summed E-state index contributed by atoms with van der Waals surface area (Å²) in [6.45, 7) is 3.36. The average molecular weight is 244 g/mol. The number of piperidine rings is 1. The summed E-state index contributed by atoms with van der Waals surface area (Å²) in [5.41, 5.74) is 2.85. The van der Waals surface area contributed by atoms with Gasteiger partial charge >= 0.3 is 0 Å². The molecule has 1 aromatic rings. The molecule has 2 fully saturated rings. The molecule has 1 aromatic heterocycles. The van der Waals surface area contributed by atoms with Crippen LogP contribution >= 0.6 is 0 Å². The molecule has 2 atom stereocenters. The monoisotopic (exact) mass is 244 g/mol. The summed E-state index contributed by atoms with van der Waals surface area (Å²) in [4.78, 5) is 7.02. The van der Waals surface area contributed by atoms with E-state index in [-0.39, 0.29) is 0 Å². The lowest BCUT2D eigenvalue weighted by Crippen LogP contribution is -2.59. The summed E-state index contributed by atoms with van der Waals surface area (Å²) in [6.07, 6.45) is 7.13. The number of pyridine rings is 1. The maximum atomic E-state index is 4.43. The zero-order valence-corrected chi connectivity index (χ0v) is 10.7. The Bertz CT molecular complexity index is 447. The van der Waals surface area contributed by atoms with Crippen LogP contribution in [0.5, 0.6) is 0 Å². The van der Waals surface area contributed by atoms with E-state index in [1.807, 2.05) is 6.20 Å². The maximum Gasteiger partial charge on any atom is 0.131 e. The van der Waals surface area contributed by atoms with E-state index in [0.29, 0.717) is 12.1 Å². The van der Waals surface area contributed by atoms with Gasteiger partial charge in [0.2, 0.25) is 0 Å². The summed E-state index contributed by atoms with van der Waals surface area (Å²) in [6, 6.07) is 3.58. The van der Waals surface area contributed by atoms with Crippen LogP contribution in [0.3, 0.4) is 0 Å². The van der Waals surface area contributed by atoms with Crippen LogP contribution in [0.1, 0.15) is 24.8 Å². The average Bonchev–Trinajstić information content (AvgIpc) is 2.86. The van der Waals surface area contributed by atoms with Gasteiger partial charge in [-0.1, -0.05) is 6.42 Å². The Kier molecular flexibility index (Phi) is 2.43. The highest BCUT2D eigenvalue weighted by atomic mass is 15.2. The van der Waals surface area contributed by atoms with Crippen molar-refractivity contribution in [3.8, 4) is 0 Å². The number of fused-ring (bicyclic) bond motifs is 3. The highest BCUT2D eigenvalue weighted by Gasteiger charge is 2.31. The highest BCUT2D eigenvalue weighted by molar-refractivity contribution is 5.66. The lowest BCUT2D eigenvalue weighted by Gasteiger charge is -2.44. The first-order chi connectivity index (χ1) is 8.90. The number of hydrogen-bond acceptors (Lipinski definition) is 4. The van der Waals surface area contributed by atoms with Gasteiger partial charge in [-0.15, -0.1) is 0 Å². The van der Waals surface area contributed by atoms with E-state index in [4.69, 9.17) is 0 Å². The molecule has 4 rings (SSSR count). The molecule has 4 nitrogen and oxygen atoms in total. The van der Waals surface area contributed by atoms with Crippen molar-refractivity contribution in [3.05, 3.63) is 17.8 Å². The molecule has 0 amide bonds. The molecule has 96 valence electrons. The number of nitrogens with zero attached hydrogens (tertiary/aromatic N) is 2. The Morgan fingerprint density at radius 1 is 1.22 bits per heavy atom. The quantitative estimate of drug-likeness (QED) is 0.783. The summed E-state index contributed by atoms with van der Waals surface area (Å²) in [5.74, 6) is 1.11. The molecular weight excluding hydrogens is 224 g/mol.